The quantitative estimate of drug-likeness (QED) is 0.785. The molecule has 0 aliphatic carbocycles. The molecule has 0 fully saturated rings. The van der Waals surface area contributed by atoms with E-state index in [0.717, 1.165) is 0 Å². The maximum absolute atomic E-state index is 13.6. The van der Waals surface area contributed by atoms with Gasteiger partial charge in [-0.05, 0) is 12.1 Å². The highest BCUT2D eigenvalue weighted by Crippen LogP contribution is 2.13. The molecule has 0 amide bonds. The van der Waals surface area contributed by atoms with Crippen LogP contribution in [0.2, 0.25) is 0 Å². The van der Waals surface area contributed by atoms with Gasteiger partial charge in [0.05, 0.1) is 24.1 Å². The van der Waals surface area contributed by atoms with Crippen LogP contribution in [0.15, 0.2) is 30.6 Å². The van der Waals surface area contributed by atoms with Crippen LogP contribution in [0.1, 0.15) is 17.0 Å². The fourth-order valence-corrected chi connectivity index (χ4v) is 1.77. The van der Waals surface area contributed by atoms with Gasteiger partial charge in [-0.3, -0.25) is 0 Å². The summed E-state index contributed by atoms with van der Waals surface area (Å²) in [6, 6.07) is 6.32. The molecular formula is C12H9ClFN3. The lowest BCUT2D eigenvalue weighted by Crippen LogP contribution is -2.04. The van der Waals surface area contributed by atoms with Crippen molar-refractivity contribution >= 4 is 11.6 Å². The van der Waals surface area contributed by atoms with E-state index in [2.05, 4.69) is 4.98 Å². The van der Waals surface area contributed by atoms with E-state index in [-0.39, 0.29) is 5.88 Å². The second-order valence-electron chi connectivity index (χ2n) is 3.52. The van der Waals surface area contributed by atoms with Gasteiger partial charge in [-0.1, -0.05) is 6.07 Å². The first-order valence-electron chi connectivity index (χ1n) is 4.99. The first-order chi connectivity index (χ1) is 8.24. The smallest absolute Gasteiger partial charge is 0.129 e. The fourth-order valence-electron chi connectivity index (χ4n) is 1.54. The number of halogens is 2. The molecule has 0 N–H and O–H groups in total. The van der Waals surface area contributed by atoms with E-state index < -0.39 is 5.82 Å². The zero-order valence-corrected chi connectivity index (χ0v) is 9.65. The van der Waals surface area contributed by atoms with Gasteiger partial charge in [-0.15, -0.1) is 11.6 Å². The van der Waals surface area contributed by atoms with Gasteiger partial charge < -0.3 is 4.57 Å². The standard InChI is InChI=1S/C12H9ClFN3/c13-6-12-16-3-4-17(12)8-10-2-1-9(7-15)5-11(10)14/h1-5H,6,8H2. The molecule has 0 saturated heterocycles. The third-order valence-corrected chi connectivity index (χ3v) is 2.68. The third kappa shape index (κ3) is 2.45. The van der Waals surface area contributed by atoms with Crippen molar-refractivity contribution in [2.45, 2.75) is 12.4 Å². The summed E-state index contributed by atoms with van der Waals surface area (Å²) >= 11 is 5.71. The topological polar surface area (TPSA) is 41.6 Å². The average Bonchev–Trinajstić information content (AvgIpc) is 2.79. The normalized spacial score (nSPS) is 10.2. The highest BCUT2D eigenvalue weighted by molar-refractivity contribution is 6.16. The summed E-state index contributed by atoms with van der Waals surface area (Å²) in [5.74, 6) is 0.582. The molecule has 2 aromatic rings. The number of nitriles is 1. The molecule has 86 valence electrons. The molecule has 0 bridgehead atoms. The minimum absolute atomic E-state index is 0.283. The van der Waals surface area contributed by atoms with Crippen molar-refractivity contribution in [3.63, 3.8) is 0 Å². The van der Waals surface area contributed by atoms with Gasteiger partial charge >= 0.3 is 0 Å². The highest BCUT2D eigenvalue weighted by atomic mass is 35.5. The second kappa shape index (κ2) is 4.98. The lowest BCUT2D eigenvalue weighted by molar-refractivity contribution is 0.596. The lowest BCUT2D eigenvalue weighted by Gasteiger charge is -2.07. The van der Waals surface area contributed by atoms with Crippen molar-refractivity contribution < 1.29 is 4.39 Å². The van der Waals surface area contributed by atoms with E-state index in [0.29, 0.717) is 23.5 Å². The molecule has 2 rings (SSSR count). The summed E-state index contributed by atoms with van der Waals surface area (Å²) in [7, 11) is 0. The van der Waals surface area contributed by atoms with Crippen LogP contribution < -0.4 is 0 Å². The van der Waals surface area contributed by atoms with Crippen LogP contribution in [0.25, 0.3) is 0 Å². The molecule has 1 heterocycles. The Morgan fingerprint density at radius 3 is 2.94 bits per heavy atom. The molecule has 3 nitrogen and oxygen atoms in total. The number of nitrogens with zero attached hydrogens (tertiary/aromatic N) is 3. The molecule has 1 aromatic heterocycles. The van der Waals surface area contributed by atoms with Crippen LogP contribution in [0, 0.1) is 17.1 Å². The molecule has 0 saturated carbocycles. The summed E-state index contributed by atoms with van der Waals surface area (Å²) in [4.78, 5) is 4.05. The van der Waals surface area contributed by atoms with Gasteiger partial charge in [-0.2, -0.15) is 5.26 Å². The molecule has 0 radical (unpaired) electrons. The molecule has 0 spiro atoms. The van der Waals surface area contributed by atoms with Crippen LogP contribution in [-0.2, 0) is 12.4 Å². The van der Waals surface area contributed by atoms with E-state index in [9.17, 15) is 4.39 Å². The minimum atomic E-state index is -0.390. The number of benzene rings is 1. The lowest BCUT2D eigenvalue weighted by atomic mass is 10.1. The predicted octanol–water partition coefficient (Wildman–Crippen LogP) is 2.68. The number of rotatable bonds is 3. The largest absolute Gasteiger partial charge is 0.329 e. The van der Waals surface area contributed by atoms with E-state index >= 15 is 0 Å². The van der Waals surface area contributed by atoms with Crippen molar-refractivity contribution in [2.24, 2.45) is 0 Å². The highest BCUT2D eigenvalue weighted by Gasteiger charge is 2.07. The maximum Gasteiger partial charge on any atom is 0.129 e. The Kier molecular flexibility index (Phi) is 3.40. The number of hydrogen-bond acceptors (Lipinski definition) is 2. The summed E-state index contributed by atoms with van der Waals surface area (Å²) in [6.45, 7) is 0.361. The molecule has 5 heteroatoms. The van der Waals surface area contributed by atoms with E-state index in [1.54, 1.807) is 29.1 Å². The molecule has 1 aromatic carbocycles. The van der Waals surface area contributed by atoms with Crippen LogP contribution in [-0.4, -0.2) is 9.55 Å². The Bertz CT molecular complexity index is 571. The van der Waals surface area contributed by atoms with Gasteiger partial charge in [0, 0.05) is 18.0 Å². The Morgan fingerprint density at radius 2 is 2.29 bits per heavy atom. The van der Waals surface area contributed by atoms with Gasteiger partial charge in [0.25, 0.3) is 0 Å². The monoisotopic (exact) mass is 249 g/mol. The van der Waals surface area contributed by atoms with Crippen molar-refractivity contribution in [1.29, 1.82) is 5.26 Å². The van der Waals surface area contributed by atoms with Gasteiger partial charge in [-0.25, -0.2) is 9.37 Å². The second-order valence-corrected chi connectivity index (χ2v) is 3.79. The number of alkyl halides is 1. The Labute approximate surface area is 103 Å². The van der Waals surface area contributed by atoms with Gasteiger partial charge in [0.1, 0.15) is 11.6 Å². The molecular weight excluding hydrogens is 241 g/mol. The predicted molar refractivity (Wildman–Crippen MR) is 62.0 cm³/mol. The summed E-state index contributed by atoms with van der Waals surface area (Å²) in [5, 5.41) is 8.64. The molecule has 17 heavy (non-hydrogen) atoms. The van der Waals surface area contributed by atoms with E-state index in [1.807, 2.05) is 6.07 Å². The van der Waals surface area contributed by atoms with E-state index in [4.69, 9.17) is 16.9 Å². The molecule has 0 atom stereocenters. The summed E-state index contributed by atoms with van der Waals surface area (Å²) in [5.41, 5.74) is 0.822. The van der Waals surface area contributed by atoms with E-state index in [1.165, 1.54) is 6.07 Å². The zero-order valence-electron chi connectivity index (χ0n) is 8.90. The first-order valence-corrected chi connectivity index (χ1v) is 5.52. The fraction of sp³-hybridized carbons (Fsp3) is 0.167. The molecule has 0 aliphatic heterocycles. The Hall–Kier alpha value is -1.86. The zero-order chi connectivity index (χ0) is 12.3. The summed E-state index contributed by atoms with van der Waals surface area (Å²) in [6.07, 6.45) is 3.37. The Balaban J connectivity index is 2.28. The molecule has 0 aliphatic rings. The van der Waals surface area contributed by atoms with Gasteiger partial charge in [0.2, 0.25) is 0 Å². The van der Waals surface area contributed by atoms with Crippen LogP contribution in [0.3, 0.4) is 0 Å². The van der Waals surface area contributed by atoms with Crippen molar-refractivity contribution in [3.8, 4) is 6.07 Å². The van der Waals surface area contributed by atoms with Gasteiger partial charge in [0.15, 0.2) is 0 Å². The number of hydrogen-bond donors (Lipinski definition) is 0. The van der Waals surface area contributed by atoms with Crippen LogP contribution in [0.5, 0.6) is 0 Å². The average molecular weight is 250 g/mol. The third-order valence-electron chi connectivity index (χ3n) is 2.44. The first kappa shape index (κ1) is 11.6. The van der Waals surface area contributed by atoms with Crippen LogP contribution >= 0.6 is 11.6 Å². The Morgan fingerprint density at radius 1 is 1.47 bits per heavy atom. The van der Waals surface area contributed by atoms with Crippen molar-refractivity contribution in [3.05, 3.63) is 53.4 Å². The number of aromatic nitrogens is 2. The minimum Gasteiger partial charge on any atom is -0.329 e. The van der Waals surface area contributed by atoms with Crippen molar-refractivity contribution in [1.82, 2.24) is 9.55 Å². The SMILES string of the molecule is N#Cc1ccc(Cn2ccnc2CCl)c(F)c1. The molecule has 0 unspecified atom stereocenters. The van der Waals surface area contributed by atoms with Crippen LogP contribution in [0.4, 0.5) is 4.39 Å². The maximum atomic E-state index is 13.6. The van der Waals surface area contributed by atoms with Crippen molar-refractivity contribution in [2.75, 3.05) is 0 Å². The summed E-state index contributed by atoms with van der Waals surface area (Å²) < 4.78 is 15.4. The number of imidazole rings is 1.